The number of rotatable bonds is 4. The molecule has 0 aromatic rings. The van der Waals surface area contributed by atoms with Gasteiger partial charge in [0.15, 0.2) is 0 Å². The zero-order valence-electron chi connectivity index (χ0n) is 19.6. The van der Waals surface area contributed by atoms with E-state index in [1.807, 2.05) is 13.8 Å². The lowest BCUT2D eigenvalue weighted by molar-refractivity contribution is -0.164. The molecule has 0 spiro atoms. The van der Waals surface area contributed by atoms with Crippen molar-refractivity contribution in [2.75, 3.05) is 0 Å². The van der Waals surface area contributed by atoms with E-state index in [0.29, 0.717) is 29.5 Å². The molecule has 0 saturated heterocycles. The maximum absolute atomic E-state index is 12.3. The summed E-state index contributed by atoms with van der Waals surface area (Å²) in [6.07, 6.45) is 12.7. The van der Waals surface area contributed by atoms with E-state index in [1.54, 1.807) is 0 Å². The Morgan fingerprint density at radius 1 is 1.00 bits per heavy atom. The average Bonchev–Trinajstić information content (AvgIpc) is 3.05. The summed E-state index contributed by atoms with van der Waals surface area (Å²) in [5.41, 5.74) is 0.546. The summed E-state index contributed by atoms with van der Waals surface area (Å²) in [5.74, 6) is 3.39. The van der Waals surface area contributed by atoms with Gasteiger partial charge in [0.25, 0.3) is 0 Å². The molecule has 29 heavy (non-hydrogen) atoms. The lowest BCUT2D eigenvalue weighted by atomic mass is 9.45. The Labute approximate surface area is 178 Å². The first kappa shape index (κ1) is 22.8. The number of carbonyl (C=O) groups is 2. The first-order chi connectivity index (χ1) is 13.9. The maximum atomic E-state index is 12.3. The second kappa shape index (κ2) is 9.10. The van der Waals surface area contributed by atoms with Crippen LogP contribution in [0.1, 0.15) is 112 Å². The predicted octanol–water partition coefficient (Wildman–Crippen LogP) is 6.73. The van der Waals surface area contributed by atoms with Gasteiger partial charge in [-0.2, -0.15) is 0 Å². The molecule has 0 N–H and O–H groups in total. The number of carbonyl (C=O) groups excluding carboxylic acids is 2. The van der Waals surface area contributed by atoms with Gasteiger partial charge in [0.2, 0.25) is 0 Å². The van der Waals surface area contributed by atoms with Gasteiger partial charge < -0.3 is 4.74 Å². The molecule has 4 fully saturated rings. The molecular formula is C26H44O3. The summed E-state index contributed by atoms with van der Waals surface area (Å²) >= 11 is 0. The molecule has 0 aromatic heterocycles. The van der Waals surface area contributed by atoms with E-state index >= 15 is 0 Å². The van der Waals surface area contributed by atoms with Crippen molar-refractivity contribution in [3.63, 3.8) is 0 Å². The van der Waals surface area contributed by atoms with Gasteiger partial charge in [0.1, 0.15) is 11.9 Å². The lowest BCUT2D eigenvalue weighted by Crippen LogP contribution is -2.54. The number of hydrogen-bond donors (Lipinski definition) is 0. The highest BCUT2D eigenvalue weighted by atomic mass is 16.5. The normalized spacial score (nSPS) is 43.3. The molecule has 0 aromatic carbocycles. The largest absolute Gasteiger partial charge is 0.462 e. The van der Waals surface area contributed by atoms with Gasteiger partial charge in [0, 0.05) is 24.7 Å². The molecule has 166 valence electrons. The third-order valence-corrected chi connectivity index (χ3v) is 9.40. The van der Waals surface area contributed by atoms with Crippen LogP contribution in [-0.4, -0.2) is 17.9 Å². The van der Waals surface area contributed by atoms with Crippen molar-refractivity contribution in [2.24, 2.45) is 34.5 Å². The van der Waals surface area contributed by atoms with Crippen molar-refractivity contribution >= 4 is 11.8 Å². The summed E-state index contributed by atoms with van der Waals surface area (Å²) in [7, 11) is 0. The van der Waals surface area contributed by atoms with E-state index in [9.17, 15) is 9.59 Å². The Hall–Kier alpha value is -0.860. The van der Waals surface area contributed by atoms with Crippen LogP contribution in [0.15, 0.2) is 0 Å². The number of esters is 1. The molecule has 4 aliphatic rings. The number of ether oxygens (including phenoxy) is 1. The Balaban J connectivity index is 0.00000117. The van der Waals surface area contributed by atoms with E-state index in [4.69, 9.17) is 4.74 Å². The Bertz CT molecular complexity index is 599. The highest BCUT2D eigenvalue weighted by Gasteiger charge is 2.61. The van der Waals surface area contributed by atoms with E-state index in [2.05, 4.69) is 20.8 Å². The van der Waals surface area contributed by atoms with E-state index in [0.717, 1.165) is 50.4 Å². The predicted molar refractivity (Wildman–Crippen MR) is 117 cm³/mol. The number of Topliss-reactive ketones (excluding diaryl/α,β-unsaturated/α-hetero) is 1. The highest BCUT2D eigenvalue weighted by molar-refractivity contribution is 5.79. The SMILES string of the molecule is CC.CCCCC(=O)O[C@H]1CC[C@H]2[C@@H]3CC[C@H]4CC(=O)CC[C@]4(C)[C@H]3CC[C@]12C. The number of hydrogen-bond acceptors (Lipinski definition) is 3. The maximum Gasteiger partial charge on any atom is 0.306 e. The van der Waals surface area contributed by atoms with Crippen molar-refractivity contribution < 1.29 is 14.3 Å². The quantitative estimate of drug-likeness (QED) is 0.488. The van der Waals surface area contributed by atoms with Gasteiger partial charge in [-0.1, -0.05) is 41.0 Å². The molecule has 0 amide bonds. The van der Waals surface area contributed by atoms with Crippen molar-refractivity contribution in [3.05, 3.63) is 0 Å². The van der Waals surface area contributed by atoms with Crippen LogP contribution in [0.25, 0.3) is 0 Å². The molecule has 0 aliphatic heterocycles. The number of unbranched alkanes of at least 4 members (excludes halogenated alkanes) is 1. The topological polar surface area (TPSA) is 43.4 Å². The van der Waals surface area contributed by atoms with Gasteiger partial charge in [-0.15, -0.1) is 0 Å². The minimum Gasteiger partial charge on any atom is -0.462 e. The van der Waals surface area contributed by atoms with Crippen LogP contribution >= 0.6 is 0 Å². The fourth-order valence-corrected chi connectivity index (χ4v) is 7.73. The second-order valence-corrected chi connectivity index (χ2v) is 10.6. The third-order valence-electron chi connectivity index (χ3n) is 9.40. The monoisotopic (exact) mass is 404 g/mol. The van der Waals surface area contributed by atoms with Gasteiger partial charge in [-0.3, -0.25) is 9.59 Å². The number of fused-ring (bicyclic) bond motifs is 5. The van der Waals surface area contributed by atoms with Crippen LogP contribution in [0.5, 0.6) is 0 Å². The van der Waals surface area contributed by atoms with Crippen LogP contribution in [0.4, 0.5) is 0 Å². The van der Waals surface area contributed by atoms with Crippen LogP contribution in [0.2, 0.25) is 0 Å². The fourth-order valence-electron chi connectivity index (χ4n) is 7.73. The van der Waals surface area contributed by atoms with Gasteiger partial charge in [-0.25, -0.2) is 0 Å². The lowest BCUT2D eigenvalue weighted by Gasteiger charge is -2.60. The fraction of sp³-hybridized carbons (Fsp3) is 0.923. The van der Waals surface area contributed by atoms with Crippen molar-refractivity contribution in [3.8, 4) is 0 Å². The minimum atomic E-state index is 0.0207. The minimum absolute atomic E-state index is 0.0207. The molecule has 0 heterocycles. The molecule has 0 unspecified atom stereocenters. The summed E-state index contributed by atoms with van der Waals surface area (Å²) in [5, 5.41) is 0. The van der Waals surface area contributed by atoms with E-state index in [1.165, 1.54) is 32.1 Å². The Kier molecular flexibility index (Phi) is 7.16. The van der Waals surface area contributed by atoms with Gasteiger partial charge >= 0.3 is 5.97 Å². The van der Waals surface area contributed by atoms with E-state index in [-0.39, 0.29) is 17.5 Å². The van der Waals surface area contributed by atoms with Gasteiger partial charge in [0.05, 0.1) is 0 Å². The van der Waals surface area contributed by atoms with Crippen LogP contribution in [0, 0.1) is 34.5 Å². The molecule has 7 atom stereocenters. The summed E-state index contributed by atoms with van der Waals surface area (Å²) in [6, 6.07) is 0. The first-order valence-electron chi connectivity index (χ1n) is 12.6. The third kappa shape index (κ3) is 4.04. The molecule has 3 nitrogen and oxygen atoms in total. The first-order valence-corrected chi connectivity index (χ1v) is 12.6. The standard InChI is InChI=1S/C24H38O3.C2H6/c1-4-5-6-22(26)27-21-10-9-19-18-8-7-16-15-17(25)11-13-23(16,2)20(18)12-14-24(19,21)3;1-2/h16,18-21H,4-15H2,1-3H3;1-2H3/t16-,18-,19-,20-,21-,23-,24-;/m0./s1. The smallest absolute Gasteiger partial charge is 0.306 e. The van der Waals surface area contributed by atoms with Crippen LogP contribution < -0.4 is 0 Å². The molecule has 4 rings (SSSR count). The van der Waals surface area contributed by atoms with Crippen molar-refractivity contribution in [1.82, 2.24) is 0 Å². The molecule has 0 bridgehead atoms. The number of ketones is 1. The highest BCUT2D eigenvalue weighted by Crippen LogP contribution is 2.66. The zero-order valence-corrected chi connectivity index (χ0v) is 19.6. The molecular weight excluding hydrogens is 360 g/mol. The summed E-state index contributed by atoms with van der Waals surface area (Å²) < 4.78 is 6.03. The van der Waals surface area contributed by atoms with Crippen LogP contribution in [0.3, 0.4) is 0 Å². The molecule has 3 heteroatoms. The molecule has 4 saturated carbocycles. The zero-order chi connectivity index (χ0) is 21.2. The Morgan fingerprint density at radius 2 is 1.72 bits per heavy atom. The molecule has 0 radical (unpaired) electrons. The van der Waals surface area contributed by atoms with E-state index < -0.39 is 0 Å². The molecule has 4 aliphatic carbocycles. The van der Waals surface area contributed by atoms with Crippen molar-refractivity contribution in [2.45, 2.75) is 118 Å². The Morgan fingerprint density at radius 3 is 2.45 bits per heavy atom. The summed E-state index contributed by atoms with van der Waals surface area (Å²) in [6.45, 7) is 11.0. The second-order valence-electron chi connectivity index (χ2n) is 10.6. The average molecular weight is 405 g/mol. The summed E-state index contributed by atoms with van der Waals surface area (Å²) in [4.78, 5) is 24.3. The van der Waals surface area contributed by atoms with Gasteiger partial charge in [-0.05, 0) is 80.5 Å². The van der Waals surface area contributed by atoms with Crippen LogP contribution in [-0.2, 0) is 14.3 Å². The van der Waals surface area contributed by atoms with Crippen molar-refractivity contribution in [1.29, 1.82) is 0 Å².